The average molecular weight is 349 g/mol. The number of halogens is 3. The van der Waals surface area contributed by atoms with Crippen LogP contribution in [0.25, 0.3) is 0 Å². The smallest absolute Gasteiger partial charge is 0.257 e. The highest BCUT2D eigenvalue weighted by Crippen LogP contribution is 2.19. The first-order valence-electron chi connectivity index (χ1n) is 5.98. The van der Waals surface area contributed by atoms with E-state index in [9.17, 15) is 18.4 Å². The molecule has 0 aromatic heterocycles. The lowest BCUT2D eigenvalue weighted by Gasteiger charge is -2.16. The van der Waals surface area contributed by atoms with Gasteiger partial charge in [-0.25, -0.2) is 8.78 Å². The fraction of sp³-hybridized carbons (Fsp3) is 0.385. The van der Waals surface area contributed by atoms with Crippen LogP contribution >= 0.6 is 15.9 Å². The predicted molar refractivity (Wildman–Crippen MR) is 74.3 cm³/mol. The summed E-state index contributed by atoms with van der Waals surface area (Å²) < 4.78 is 27.4. The van der Waals surface area contributed by atoms with Gasteiger partial charge in [0.05, 0.1) is 0 Å². The van der Waals surface area contributed by atoms with Crippen LogP contribution in [0.3, 0.4) is 0 Å². The van der Waals surface area contributed by atoms with Crippen LogP contribution in [0.4, 0.5) is 8.78 Å². The second-order valence-corrected chi connectivity index (χ2v) is 5.52. The van der Waals surface area contributed by atoms with Gasteiger partial charge in [0.1, 0.15) is 23.2 Å². The van der Waals surface area contributed by atoms with Crippen LogP contribution in [0, 0.1) is 11.6 Å². The Bertz CT molecular complexity index is 512. The highest BCUT2D eigenvalue weighted by Gasteiger charge is 2.22. The van der Waals surface area contributed by atoms with E-state index in [1.54, 1.807) is 13.8 Å². The summed E-state index contributed by atoms with van der Waals surface area (Å²) in [5.74, 6) is -3.39. The first-order chi connectivity index (χ1) is 9.22. The second kappa shape index (κ2) is 6.78. The van der Waals surface area contributed by atoms with Crippen LogP contribution in [0.15, 0.2) is 16.6 Å². The van der Waals surface area contributed by atoms with E-state index in [2.05, 4.69) is 26.6 Å². The molecule has 0 spiro atoms. The van der Waals surface area contributed by atoms with Crippen molar-refractivity contribution in [3.63, 3.8) is 0 Å². The van der Waals surface area contributed by atoms with Gasteiger partial charge in [0.15, 0.2) is 0 Å². The largest absolute Gasteiger partial charge is 0.352 e. The normalized spacial score (nSPS) is 12.2. The molecule has 0 heterocycles. The standard InChI is InChI=1S/C13H15BrF2N2O2/c1-6(2)17-12(19)7(3)18-13(20)11-9(15)4-8(14)5-10(11)16/h4-7H,1-3H3,(H,17,19)(H,18,20). The van der Waals surface area contributed by atoms with Crippen molar-refractivity contribution in [3.05, 3.63) is 33.8 Å². The number of benzene rings is 1. The topological polar surface area (TPSA) is 58.2 Å². The molecule has 4 nitrogen and oxygen atoms in total. The molecule has 0 saturated heterocycles. The molecule has 2 N–H and O–H groups in total. The summed E-state index contributed by atoms with van der Waals surface area (Å²) in [5.41, 5.74) is -0.711. The zero-order valence-corrected chi connectivity index (χ0v) is 12.8. The summed E-state index contributed by atoms with van der Waals surface area (Å²) in [6.45, 7) is 4.96. The number of amides is 2. The third kappa shape index (κ3) is 4.26. The van der Waals surface area contributed by atoms with Crippen molar-refractivity contribution in [3.8, 4) is 0 Å². The summed E-state index contributed by atoms with van der Waals surface area (Å²) in [6.07, 6.45) is 0. The number of rotatable bonds is 4. The van der Waals surface area contributed by atoms with Gasteiger partial charge in [-0.2, -0.15) is 0 Å². The summed E-state index contributed by atoms with van der Waals surface area (Å²) in [4.78, 5) is 23.4. The molecule has 0 aliphatic rings. The highest BCUT2D eigenvalue weighted by atomic mass is 79.9. The Hall–Kier alpha value is -1.50. The molecule has 1 unspecified atom stereocenters. The van der Waals surface area contributed by atoms with Gasteiger partial charge in [-0.05, 0) is 32.9 Å². The van der Waals surface area contributed by atoms with Crippen molar-refractivity contribution < 1.29 is 18.4 Å². The molecule has 0 aliphatic heterocycles. The third-order valence-electron chi connectivity index (χ3n) is 2.41. The lowest BCUT2D eigenvalue weighted by Crippen LogP contribution is -2.47. The highest BCUT2D eigenvalue weighted by molar-refractivity contribution is 9.10. The number of hydrogen-bond donors (Lipinski definition) is 2. The molecule has 2 amide bonds. The minimum Gasteiger partial charge on any atom is -0.352 e. The van der Waals surface area contributed by atoms with E-state index in [4.69, 9.17) is 0 Å². The molecule has 110 valence electrons. The molecule has 1 rings (SSSR count). The molecule has 0 fully saturated rings. The number of nitrogens with one attached hydrogen (secondary N) is 2. The van der Waals surface area contributed by atoms with Crippen molar-refractivity contribution in [2.24, 2.45) is 0 Å². The molecule has 0 aliphatic carbocycles. The van der Waals surface area contributed by atoms with E-state index in [1.165, 1.54) is 6.92 Å². The minimum atomic E-state index is -0.995. The van der Waals surface area contributed by atoms with Gasteiger partial charge < -0.3 is 10.6 Å². The van der Waals surface area contributed by atoms with Gasteiger partial charge in [0.25, 0.3) is 5.91 Å². The second-order valence-electron chi connectivity index (χ2n) is 4.60. The summed E-state index contributed by atoms with van der Waals surface area (Å²) in [7, 11) is 0. The van der Waals surface area contributed by atoms with Crippen LogP contribution < -0.4 is 10.6 Å². The number of carbonyl (C=O) groups is 2. The van der Waals surface area contributed by atoms with Gasteiger partial charge >= 0.3 is 0 Å². The zero-order valence-electron chi connectivity index (χ0n) is 11.3. The van der Waals surface area contributed by atoms with E-state index in [0.717, 1.165) is 12.1 Å². The van der Waals surface area contributed by atoms with Gasteiger partial charge in [-0.3, -0.25) is 9.59 Å². The maximum atomic E-state index is 13.6. The fourth-order valence-electron chi connectivity index (χ4n) is 1.50. The van der Waals surface area contributed by atoms with Crippen molar-refractivity contribution in [1.29, 1.82) is 0 Å². The number of carbonyl (C=O) groups excluding carboxylic acids is 2. The number of hydrogen-bond acceptors (Lipinski definition) is 2. The third-order valence-corrected chi connectivity index (χ3v) is 2.86. The summed E-state index contributed by atoms with van der Waals surface area (Å²) in [5, 5.41) is 4.85. The molecule has 0 radical (unpaired) electrons. The van der Waals surface area contributed by atoms with E-state index in [-0.39, 0.29) is 10.5 Å². The molecular weight excluding hydrogens is 334 g/mol. The van der Waals surface area contributed by atoms with Crippen molar-refractivity contribution >= 4 is 27.7 Å². The van der Waals surface area contributed by atoms with Crippen LogP contribution in [-0.2, 0) is 4.79 Å². The average Bonchev–Trinajstić information content (AvgIpc) is 2.25. The van der Waals surface area contributed by atoms with Gasteiger partial charge in [0, 0.05) is 10.5 Å². The van der Waals surface area contributed by atoms with Gasteiger partial charge in [0.2, 0.25) is 5.91 Å². The van der Waals surface area contributed by atoms with E-state index in [1.807, 2.05) is 0 Å². The molecule has 1 aromatic carbocycles. The van der Waals surface area contributed by atoms with Gasteiger partial charge in [-0.1, -0.05) is 15.9 Å². The van der Waals surface area contributed by atoms with E-state index >= 15 is 0 Å². The lowest BCUT2D eigenvalue weighted by molar-refractivity contribution is -0.123. The molecule has 7 heteroatoms. The molecule has 1 aromatic rings. The minimum absolute atomic E-state index is 0.0944. The maximum Gasteiger partial charge on any atom is 0.257 e. The molecule has 0 bridgehead atoms. The van der Waals surface area contributed by atoms with Crippen LogP contribution in [0.2, 0.25) is 0 Å². The van der Waals surface area contributed by atoms with E-state index < -0.39 is 35.1 Å². The monoisotopic (exact) mass is 348 g/mol. The van der Waals surface area contributed by atoms with E-state index in [0.29, 0.717) is 0 Å². The maximum absolute atomic E-state index is 13.6. The summed E-state index contributed by atoms with van der Waals surface area (Å²) >= 11 is 2.92. The lowest BCUT2D eigenvalue weighted by atomic mass is 10.1. The molecule has 1 atom stereocenters. The van der Waals surface area contributed by atoms with Crippen molar-refractivity contribution in [2.45, 2.75) is 32.9 Å². The predicted octanol–water partition coefficient (Wildman–Crippen LogP) is 2.37. The van der Waals surface area contributed by atoms with Crippen LogP contribution in [-0.4, -0.2) is 23.9 Å². The van der Waals surface area contributed by atoms with Crippen LogP contribution in [0.5, 0.6) is 0 Å². The quantitative estimate of drug-likeness (QED) is 0.877. The fourth-order valence-corrected chi connectivity index (χ4v) is 1.90. The Morgan fingerprint density at radius 3 is 2.05 bits per heavy atom. The SMILES string of the molecule is CC(C)NC(=O)C(C)NC(=O)c1c(F)cc(Br)cc1F. The Balaban J connectivity index is 2.84. The molecule has 0 saturated carbocycles. The van der Waals surface area contributed by atoms with Gasteiger partial charge in [-0.15, -0.1) is 0 Å². The first kappa shape index (κ1) is 16.6. The Kier molecular flexibility index (Phi) is 5.62. The molecule has 20 heavy (non-hydrogen) atoms. The Morgan fingerprint density at radius 2 is 1.60 bits per heavy atom. The van der Waals surface area contributed by atoms with Crippen molar-refractivity contribution in [2.75, 3.05) is 0 Å². The Labute approximate surface area is 124 Å². The van der Waals surface area contributed by atoms with Crippen molar-refractivity contribution in [1.82, 2.24) is 10.6 Å². The first-order valence-corrected chi connectivity index (χ1v) is 6.77. The van der Waals surface area contributed by atoms with Crippen LogP contribution in [0.1, 0.15) is 31.1 Å². The zero-order chi connectivity index (χ0) is 15.4. The molecular formula is C13H15BrF2N2O2. The Morgan fingerprint density at radius 1 is 1.10 bits per heavy atom. The summed E-state index contributed by atoms with van der Waals surface area (Å²) in [6, 6.07) is 0.976.